The van der Waals surface area contributed by atoms with Crippen molar-refractivity contribution >= 4 is 39.4 Å². The zero-order valence-corrected chi connectivity index (χ0v) is 19.4. The predicted molar refractivity (Wildman–Crippen MR) is 138 cm³/mol. The highest BCUT2D eigenvalue weighted by atomic mass is 16.1. The molecule has 0 fully saturated rings. The average molecular weight is 466 g/mol. The first-order valence-corrected chi connectivity index (χ1v) is 11.8. The summed E-state index contributed by atoms with van der Waals surface area (Å²) in [5, 5.41) is 1.01. The number of amides is 1. The van der Waals surface area contributed by atoms with Gasteiger partial charge in [-0.05, 0) is 25.3 Å². The van der Waals surface area contributed by atoms with E-state index in [0.717, 1.165) is 29.3 Å². The van der Waals surface area contributed by atoms with Gasteiger partial charge in [0.1, 0.15) is 5.52 Å². The number of unbranched alkanes of at least 4 members (excludes halogenated alkanes) is 1. The van der Waals surface area contributed by atoms with Gasteiger partial charge in [0, 0.05) is 23.1 Å². The van der Waals surface area contributed by atoms with Gasteiger partial charge >= 0.3 is 0 Å². The highest BCUT2D eigenvalue weighted by molar-refractivity contribution is 6.09. The molecule has 0 radical (unpaired) electrons. The van der Waals surface area contributed by atoms with Crippen LogP contribution >= 0.6 is 0 Å². The molecule has 4 N–H and O–H groups in total. The summed E-state index contributed by atoms with van der Waals surface area (Å²) in [5.74, 6) is -0.0541. The number of para-hydroxylation sites is 1. The van der Waals surface area contributed by atoms with E-state index in [2.05, 4.69) is 14.5 Å². The largest absolute Gasteiger partial charge is 0.382 e. The number of primary amides is 1. The number of nitrogens with two attached hydrogens (primary N) is 2. The molecule has 5 rings (SSSR count). The fourth-order valence-electron chi connectivity index (χ4n) is 4.90. The van der Waals surface area contributed by atoms with E-state index in [9.17, 15) is 9.59 Å². The Morgan fingerprint density at radius 2 is 1.80 bits per heavy atom. The van der Waals surface area contributed by atoms with Crippen molar-refractivity contribution in [2.75, 3.05) is 5.73 Å². The molecule has 7 nitrogen and oxygen atoms in total. The first-order valence-electron chi connectivity index (χ1n) is 11.8. The van der Waals surface area contributed by atoms with Gasteiger partial charge in [-0.15, -0.1) is 0 Å². The Morgan fingerprint density at radius 3 is 2.60 bits per heavy atom. The van der Waals surface area contributed by atoms with Gasteiger partial charge in [0.05, 0.1) is 22.8 Å². The lowest BCUT2D eigenvalue weighted by atomic mass is 9.73. The topological polar surface area (TPSA) is 117 Å². The summed E-state index contributed by atoms with van der Waals surface area (Å²) in [6, 6.07) is 17.0. The number of allylic oxidation sites excluding steroid dienone is 3. The number of carbonyl (C=O) groups is 2. The minimum Gasteiger partial charge on any atom is -0.382 e. The second kappa shape index (κ2) is 9.18. The lowest BCUT2D eigenvalue weighted by Gasteiger charge is -2.30. The van der Waals surface area contributed by atoms with Gasteiger partial charge in [0.2, 0.25) is 5.91 Å². The maximum absolute atomic E-state index is 13.0. The first kappa shape index (κ1) is 22.5. The van der Waals surface area contributed by atoms with Crippen LogP contribution in [0, 0.1) is 5.41 Å². The van der Waals surface area contributed by atoms with Crippen molar-refractivity contribution in [3.05, 3.63) is 90.3 Å². The smallest absolute Gasteiger partial charge is 0.227 e. The van der Waals surface area contributed by atoms with E-state index in [1.807, 2.05) is 48.5 Å². The third-order valence-electron chi connectivity index (χ3n) is 6.79. The molecule has 1 unspecified atom stereocenters. The fourth-order valence-corrected chi connectivity index (χ4v) is 4.90. The molecule has 2 aromatic heterocycles. The van der Waals surface area contributed by atoms with Gasteiger partial charge in [-0.25, -0.2) is 9.97 Å². The van der Waals surface area contributed by atoms with Crippen molar-refractivity contribution in [1.82, 2.24) is 14.5 Å². The van der Waals surface area contributed by atoms with E-state index in [1.54, 1.807) is 30.6 Å². The van der Waals surface area contributed by atoms with Gasteiger partial charge in [-0.1, -0.05) is 73.2 Å². The quantitative estimate of drug-likeness (QED) is 0.292. The Labute approximate surface area is 203 Å². The van der Waals surface area contributed by atoms with E-state index in [-0.39, 0.29) is 5.78 Å². The van der Waals surface area contributed by atoms with Crippen molar-refractivity contribution in [1.29, 1.82) is 0 Å². The second-order valence-corrected chi connectivity index (χ2v) is 9.05. The number of imidazole rings is 1. The number of nitrogens with zero attached hydrogens (tertiary/aromatic N) is 3. The number of pyridine rings is 1. The third kappa shape index (κ3) is 4.21. The summed E-state index contributed by atoms with van der Waals surface area (Å²) in [6.45, 7) is 0.716. The molecular weight excluding hydrogens is 438 g/mol. The first-order chi connectivity index (χ1) is 17.0. The molecule has 2 aromatic carbocycles. The lowest BCUT2D eigenvalue weighted by Crippen LogP contribution is -2.37. The monoisotopic (exact) mass is 465 g/mol. The predicted octanol–water partition coefficient (Wildman–Crippen LogP) is 4.58. The number of hydrogen-bond donors (Lipinski definition) is 2. The molecule has 2 heterocycles. The van der Waals surface area contributed by atoms with Gasteiger partial charge < -0.3 is 16.0 Å². The fraction of sp³-hybridized carbons (Fsp3) is 0.214. The number of Topliss-reactive ketones (excluding diaryl/α,β-unsaturated/α-hetero) is 1. The Balaban J connectivity index is 1.30. The van der Waals surface area contributed by atoms with Crippen LogP contribution in [0.5, 0.6) is 0 Å². The third-order valence-corrected chi connectivity index (χ3v) is 6.79. The van der Waals surface area contributed by atoms with Crippen LogP contribution in [-0.4, -0.2) is 26.2 Å². The van der Waals surface area contributed by atoms with Crippen LogP contribution in [-0.2, 0) is 11.3 Å². The average Bonchev–Trinajstić information content (AvgIpc) is 3.32. The SMILES string of the molecule is NC(=O)C1(CCCCn2cnc3c(N)nc4ccccc4c32)C=CC=C(C(=O)c2ccccc2)C1. The summed E-state index contributed by atoms with van der Waals surface area (Å²) in [4.78, 5) is 34.5. The number of rotatable bonds is 8. The van der Waals surface area contributed by atoms with Crippen molar-refractivity contribution < 1.29 is 9.59 Å². The molecule has 1 atom stereocenters. The van der Waals surface area contributed by atoms with Gasteiger partial charge in [0.15, 0.2) is 11.6 Å². The summed E-state index contributed by atoms with van der Waals surface area (Å²) in [7, 11) is 0. The summed E-state index contributed by atoms with van der Waals surface area (Å²) < 4.78 is 2.09. The summed E-state index contributed by atoms with van der Waals surface area (Å²) in [5.41, 5.74) is 14.9. The number of carbonyl (C=O) groups excluding carboxylic acids is 2. The van der Waals surface area contributed by atoms with Crippen molar-refractivity contribution in [2.45, 2.75) is 32.2 Å². The zero-order chi connectivity index (χ0) is 24.4. The Morgan fingerprint density at radius 1 is 1.03 bits per heavy atom. The number of aromatic nitrogens is 3. The van der Waals surface area contributed by atoms with Crippen LogP contribution in [0.25, 0.3) is 21.9 Å². The van der Waals surface area contributed by atoms with Crippen molar-refractivity contribution in [2.24, 2.45) is 11.1 Å². The molecule has 35 heavy (non-hydrogen) atoms. The Bertz CT molecular complexity index is 1490. The number of hydrogen-bond acceptors (Lipinski definition) is 5. The van der Waals surface area contributed by atoms with Crippen LogP contribution in [0.2, 0.25) is 0 Å². The van der Waals surface area contributed by atoms with Gasteiger partial charge in [-0.2, -0.15) is 0 Å². The Kier molecular flexibility index (Phi) is 5.91. The van der Waals surface area contributed by atoms with Crippen molar-refractivity contribution in [3.63, 3.8) is 0 Å². The highest BCUT2D eigenvalue weighted by Gasteiger charge is 2.37. The maximum Gasteiger partial charge on any atom is 0.227 e. The molecular formula is C28H27N5O2. The normalized spacial score (nSPS) is 17.5. The van der Waals surface area contributed by atoms with Gasteiger partial charge in [-0.3, -0.25) is 9.59 Å². The second-order valence-electron chi connectivity index (χ2n) is 9.05. The standard InChI is InChI=1S/C28H27N5O2/c29-26-23-24(21-12-4-5-13-22(21)32-26)33(18-31-23)16-7-6-14-28(27(30)35)15-8-11-20(17-28)25(34)19-9-2-1-3-10-19/h1-5,8-13,15,18H,6-7,14,16-17H2,(H2,29,32)(H2,30,35). The number of nitrogen functional groups attached to an aromatic ring is 1. The number of benzene rings is 2. The lowest BCUT2D eigenvalue weighted by molar-refractivity contribution is -0.125. The van der Waals surface area contributed by atoms with Crippen LogP contribution in [0.4, 0.5) is 5.82 Å². The van der Waals surface area contributed by atoms with E-state index in [1.165, 1.54) is 0 Å². The minimum atomic E-state index is -0.868. The molecule has 0 saturated heterocycles. The molecule has 7 heteroatoms. The maximum atomic E-state index is 13.0. The Hall–Kier alpha value is -4.26. The van der Waals surface area contributed by atoms with Gasteiger partial charge in [0.25, 0.3) is 0 Å². The molecule has 0 bridgehead atoms. The summed E-state index contributed by atoms with van der Waals surface area (Å²) >= 11 is 0. The minimum absolute atomic E-state index is 0.0662. The number of ketones is 1. The molecule has 0 aliphatic heterocycles. The van der Waals surface area contributed by atoms with Crippen molar-refractivity contribution in [3.8, 4) is 0 Å². The molecule has 1 amide bonds. The molecule has 0 saturated carbocycles. The van der Waals surface area contributed by atoms with E-state index in [0.29, 0.717) is 41.9 Å². The van der Waals surface area contributed by atoms with E-state index in [4.69, 9.17) is 11.5 Å². The summed E-state index contributed by atoms with van der Waals surface area (Å²) in [6.07, 6.45) is 9.67. The number of anilines is 1. The number of aryl methyl sites for hydroxylation is 1. The highest BCUT2D eigenvalue weighted by Crippen LogP contribution is 2.38. The zero-order valence-electron chi connectivity index (χ0n) is 19.4. The molecule has 1 aliphatic rings. The molecule has 176 valence electrons. The van der Waals surface area contributed by atoms with E-state index >= 15 is 0 Å². The molecule has 1 aliphatic carbocycles. The van der Waals surface area contributed by atoms with E-state index < -0.39 is 11.3 Å². The van der Waals surface area contributed by atoms with Crippen LogP contribution in [0.15, 0.2) is 84.7 Å². The van der Waals surface area contributed by atoms with Crippen LogP contribution < -0.4 is 11.5 Å². The van der Waals surface area contributed by atoms with Crippen LogP contribution in [0.1, 0.15) is 36.0 Å². The van der Waals surface area contributed by atoms with Crippen LogP contribution in [0.3, 0.4) is 0 Å². The number of fused-ring (bicyclic) bond motifs is 3. The molecule has 4 aromatic rings. The molecule has 0 spiro atoms.